The summed E-state index contributed by atoms with van der Waals surface area (Å²) in [5.74, 6) is 5.31. The molecule has 21 heteroatoms. The molecule has 0 aromatic carbocycles. The lowest BCUT2D eigenvalue weighted by Crippen LogP contribution is -2.32. The van der Waals surface area contributed by atoms with Crippen LogP contribution in [0.4, 0.5) is 0 Å². The Morgan fingerprint density at radius 2 is 2.06 bits per heavy atom. The highest BCUT2D eigenvalue weighted by Crippen LogP contribution is 2.61. The molecule has 6 atom stereocenters. The van der Waals surface area contributed by atoms with Crippen molar-refractivity contribution in [3.05, 3.63) is 35.1 Å². The predicted octanol–water partition coefficient (Wildman–Crippen LogP) is -1.18. The molecule has 174 valence electrons. The van der Waals surface area contributed by atoms with Gasteiger partial charge in [-0.2, -0.15) is 0 Å². The Bertz CT molecular complexity index is 959. The fraction of sp³-hybridized carbons (Fsp3) is 0.500. The van der Waals surface area contributed by atoms with E-state index >= 15 is 0 Å². The quantitative estimate of drug-likeness (QED) is 0.123. The molecule has 31 heavy (non-hydrogen) atoms. The Balaban J connectivity index is 1.99. The normalized spacial score (nSPS) is 29.5. The molecule has 0 aromatic rings. The van der Waals surface area contributed by atoms with Crippen molar-refractivity contribution in [2.75, 3.05) is 6.61 Å². The topological polar surface area (TPSA) is 277 Å². The Morgan fingerprint density at radius 3 is 2.61 bits per heavy atom. The average molecular weight is 503 g/mol. The van der Waals surface area contributed by atoms with Gasteiger partial charge in [0.2, 0.25) is 0 Å². The molecule has 0 spiro atoms. The zero-order chi connectivity index (χ0) is 23.4. The monoisotopic (exact) mass is 503 g/mol. The van der Waals surface area contributed by atoms with Crippen LogP contribution >= 0.6 is 23.5 Å². The van der Waals surface area contributed by atoms with Crippen LogP contribution in [0.2, 0.25) is 0 Å². The van der Waals surface area contributed by atoms with Crippen LogP contribution in [0, 0.1) is 0 Å². The van der Waals surface area contributed by atoms with Crippen LogP contribution in [-0.2, 0) is 36.4 Å². The number of ether oxygens (including phenoxy) is 1. The fourth-order valence-corrected chi connectivity index (χ4v) is 5.34. The fourth-order valence-electron chi connectivity index (χ4n) is 2.44. The number of hydrogen-bond acceptors (Lipinski definition) is 15. The van der Waals surface area contributed by atoms with Crippen molar-refractivity contribution in [3.63, 3.8) is 0 Å². The van der Waals surface area contributed by atoms with Gasteiger partial charge in [-0.1, -0.05) is 6.58 Å². The van der Waals surface area contributed by atoms with Gasteiger partial charge in [-0.25, -0.2) is 19.5 Å². The highest BCUT2D eigenvalue weighted by Gasteiger charge is 2.40. The van der Waals surface area contributed by atoms with E-state index in [0.717, 1.165) is 0 Å². The van der Waals surface area contributed by atoms with Crippen LogP contribution in [0.25, 0.3) is 10.4 Å². The first-order valence-electron chi connectivity index (χ1n) is 7.78. The van der Waals surface area contributed by atoms with Crippen molar-refractivity contribution in [2.24, 2.45) is 16.0 Å². The van der Waals surface area contributed by atoms with E-state index in [0.29, 0.717) is 0 Å². The lowest BCUT2D eigenvalue weighted by atomic mass is 10.2. The van der Waals surface area contributed by atoms with Gasteiger partial charge in [-0.05, 0) is 16.7 Å². The molecule has 0 aromatic heterocycles. The summed E-state index contributed by atoms with van der Waals surface area (Å²) in [5.41, 5.74) is 8.42. The predicted molar refractivity (Wildman–Crippen MR) is 92.2 cm³/mol. The van der Waals surface area contributed by atoms with Gasteiger partial charge in [0.1, 0.15) is 30.1 Å². The molecule has 0 bridgehead atoms. The smallest absolute Gasteiger partial charge is 0.280 e. The summed E-state index contributed by atoms with van der Waals surface area (Å²) in [6.45, 7) is 2.80. The molecular formula is C10H14N6O12P3-3. The Kier molecular flexibility index (Phi) is 8.33. The first-order chi connectivity index (χ1) is 14.3. The Labute approximate surface area is 173 Å². The van der Waals surface area contributed by atoms with Gasteiger partial charge in [0.05, 0.1) is 6.61 Å². The highest BCUT2D eigenvalue weighted by molar-refractivity contribution is 7.65. The molecule has 0 radical (unpaired) electrons. The van der Waals surface area contributed by atoms with Crippen LogP contribution < -0.4 is 20.6 Å². The van der Waals surface area contributed by atoms with Crippen LogP contribution in [-0.4, -0.2) is 40.7 Å². The van der Waals surface area contributed by atoms with Crippen LogP contribution in [0.1, 0.15) is 6.42 Å². The summed E-state index contributed by atoms with van der Waals surface area (Å²) in [5, 5.41) is 3.31. The summed E-state index contributed by atoms with van der Waals surface area (Å²) in [6, 6.07) is 0. The first-order valence-corrected chi connectivity index (χ1v) is 12.2. The van der Waals surface area contributed by atoms with E-state index in [1.54, 1.807) is 0 Å². The molecule has 3 N–H and O–H groups in total. The second-order valence-corrected chi connectivity index (χ2v) is 9.95. The maximum absolute atomic E-state index is 11.7. The second kappa shape index (κ2) is 10.0. The molecule has 2 aliphatic heterocycles. The average Bonchev–Trinajstić information content (AvgIpc) is 3.00. The summed E-state index contributed by atoms with van der Waals surface area (Å²) < 4.78 is 49.9. The van der Waals surface area contributed by atoms with E-state index in [4.69, 9.17) is 25.9 Å². The molecule has 1 fully saturated rings. The van der Waals surface area contributed by atoms with Crippen molar-refractivity contribution in [2.45, 2.75) is 24.9 Å². The molecule has 2 rings (SSSR count). The van der Waals surface area contributed by atoms with E-state index in [1.807, 2.05) is 0 Å². The van der Waals surface area contributed by atoms with Gasteiger partial charge < -0.3 is 33.7 Å². The van der Waals surface area contributed by atoms with Gasteiger partial charge in [-0.15, -0.1) is 0 Å². The Morgan fingerprint density at radius 1 is 1.39 bits per heavy atom. The Hall–Kier alpha value is -1.45. The first kappa shape index (κ1) is 25.8. The third-order valence-electron chi connectivity index (χ3n) is 3.54. The molecule has 0 aliphatic carbocycles. The standard InChI is InChI=1S/C10H17N6O12P3/c1-6-13-9(14-15-11)2-3-16(6)10-4-7(26-12)8(25-10)5-24-30(20,21)28-31(22,23)27-29(17,18)19/h2-3,7-8,10H,1,4-5,12H2,(H,20,21)(H,22,23)(H2,17,18,19)/p-3/t7?,8-,10-/m1/s1. The lowest BCUT2D eigenvalue weighted by Gasteiger charge is -2.33. The molecule has 0 amide bonds. The van der Waals surface area contributed by atoms with Crippen molar-refractivity contribution >= 4 is 29.3 Å². The van der Waals surface area contributed by atoms with Gasteiger partial charge in [0.15, 0.2) is 0 Å². The molecular weight excluding hydrogens is 489 g/mol. The van der Waals surface area contributed by atoms with Crippen molar-refractivity contribution in [1.82, 2.24) is 4.90 Å². The lowest BCUT2D eigenvalue weighted by molar-refractivity contribution is -0.250. The summed E-state index contributed by atoms with van der Waals surface area (Å²) in [6.07, 6.45) is -0.116. The van der Waals surface area contributed by atoms with Gasteiger partial charge in [0, 0.05) is 17.5 Å². The summed E-state index contributed by atoms with van der Waals surface area (Å²) >= 11 is 0. The minimum absolute atomic E-state index is 0.0347. The maximum atomic E-state index is 11.7. The van der Waals surface area contributed by atoms with Crippen LogP contribution in [0.5, 0.6) is 0 Å². The van der Waals surface area contributed by atoms with Crippen molar-refractivity contribution < 1.29 is 56.0 Å². The van der Waals surface area contributed by atoms with Crippen LogP contribution in [0.3, 0.4) is 0 Å². The van der Waals surface area contributed by atoms with E-state index in [2.05, 4.69) is 34.7 Å². The van der Waals surface area contributed by atoms with Gasteiger partial charge in [-0.3, -0.25) is 18.5 Å². The highest BCUT2D eigenvalue weighted by atomic mass is 31.3. The van der Waals surface area contributed by atoms with Crippen molar-refractivity contribution in [1.29, 1.82) is 0 Å². The van der Waals surface area contributed by atoms with Gasteiger partial charge >= 0.3 is 0 Å². The zero-order valence-corrected chi connectivity index (χ0v) is 17.8. The van der Waals surface area contributed by atoms with Crippen LogP contribution in [0.15, 0.2) is 34.8 Å². The molecule has 2 aliphatic rings. The largest absolute Gasteiger partial charge is 0.756 e. The molecule has 18 nitrogen and oxygen atoms in total. The number of aliphatic imine (C=N–C) groups is 1. The maximum Gasteiger partial charge on any atom is 0.280 e. The number of nitrogens with zero attached hydrogens (tertiary/aromatic N) is 5. The number of rotatable bonds is 9. The number of phosphoric ester groups is 1. The molecule has 2 heterocycles. The third kappa shape index (κ3) is 7.88. The third-order valence-corrected chi connectivity index (χ3v) is 7.23. The van der Waals surface area contributed by atoms with E-state index < -0.39 is 48.5 Å². The molecule has 4 unspecified atom stereocenters. The molecule has 0 saturated carbocycles. The number of azide groups is 1. The summed E-state index contributed by atoms with van der Waals surface area (Å²) in [4.78, 5) is 54.2. The second-order valence-electron chi connectivity index (χ2n) is 5.66. The number of amidine groups is 1. The number of hydrogen-bond donors (Lipinski definition) is 2. The van der Waals surface area contributed by atoms with E-state index in [1.165, 1.54) is 17.2 Å². The number of nitrogens with two attached hydrogens (primary N) is 1. The van der Waals surface area contributed by atoms with E-state index in [9.17, 15) is 28.4 Å². The van der Waals surface area contributed by atoms with E-state index in [-0.39, 0.29) is 18.1 Å². The van der Waals surface area contributed by atoms with Crippen molar-refractivity contribution in [3.8, 4) is 0 Å². The minimum atomic E-state index is -6.02. The molecule has 1 saturated heterocycles. The SMILES string of the molecule is C=C1N=C(N=[N+]=[N-])C=CN1[C@H]1CC(ON)[C@@H](COP(=O)([O-])OP(=O)([O-])OP(=O)([O-])O)O1. The number of phosphoric acid groups is 3. The minimum Gasteiger partial charge on any atom is -0.756 e. The van der Waals surface area contributed by atoms with Gasteiger partial charge in [0.25, 0.3) is 23.5 Å². The zero-order valence-electron chi connectivity index (χ0n) is 15.1. The summed E-state index contributed by atoms with van der Waals surface area (Å²) in [7, 11) is -17.6.